The van der Waals surface area contributed by atoms with Gasteiger partial charge in [-0.2, -0.15) is 5.10 Å². The molecule has 0 bridgehead atoms. The van der Waals surface area contributed by atoms with Crippen molar-refractivity contribution >= 4 is 17.5 Å². The van der Waals surface area contributed by atoms with Gasteiger partial charge in [0.25, 0.3) is 0 Å². The molecule has 2 heterocycles. The second-order valence-corrected chi connectivity index (χ2v) is 4.55. The number of nitrogens with zero attached hydrogens (tertiary/aromatic N) is 4. The van der Waals surface area contributed by atoms with E-state index < -0.39 is 0 Å². The van der Waals surface area contributed by atoms with Gasteiger partial charge in [-0.15, -0.1) is 0 Å². The zero-order chi connectivity index (χ0) is 13.9. The predicted octanol–water partition coefficient (Wildman–Crippen LogP) is 0.259. The Labute approximate surface area is 115 Å². The largest absolute Gasteiger partial charge is 0.327 e. The van der Waals surface area contributed by atoms with E-state index in [2.05, 4.69) is 15.4 Å². The Bertz CT molecular complexity index is 638. The molecule has 0 saturated carbocycles. The standard InChI is InChI=1S/C13H13N5O2/c19-12-6-17(13(20)7-18-9-14-8-15-18)5-10-3-1-2-4-11(10)16-12/h1-4,8-9H,5-7H2,(H,16,19). The number of hydrogen-bond acceptors (Lipinski definition) is 4. The van der Waals surface area contributed by atoms with Crippen molar-refractivity contribution in [2.75, 3.05) is 11.9 Å². The lowest BCUT2D eigenvalue weighted by Gasteiger charge is -2.19. The first kappa shape index (κ1) is 12.3. The second-order valence-electron chi connectivity index (χ2n) is 4.55. The zero-order valence-electron chi connectivity index (χ0n) is 10.7. The predicted molar refractivity (Wildman–Crippen MR) is 70.5 cm³/mol. The van der Waals surface area contributed by atoms with Crippen LogP contribution in [0.3, 0.4) is 0 Å². The van der Waals surface area contributed by atoms with Crippen molar-refractivity contribution in [3.63, 3.8) is 0 Å². The average Bonchev–Trinajstić information content (AvgIpc) is 2.86. The van der Waals surface area contributed by atoms with Crippen molar-refractivity contribution in [1.82, 2.24) is 19.7 Å². The van der Waals surface area contributed by atoms with Crippen LogP contribution >= 0.6 is 0 Å². The first-order chi connectivity index (χ1) is 9.72. The minimum Gasteiger partial charge on any atom is -0.327 e. The maximum absolute atomic E-state index is 12.2. The highest BCUT2D eigenvalue weighted by Crippen LogP contribution is 2.20. The van der Waals surface area contributed by atoms with E-state index in [-0.39, 0.29) is 24.9 Å². The van der Waals surface area contributed by atoms with E-state index in [0.717, 1.165) is 11.3 Å². The fraction of sp³-hybridized carbons (Fsp3) is 0.231. The number of hydrogen-bond donors (Lipinski definition) is 1. The van der Waals surface area contributed by atoms with Gasteiger partial charge in [0, 0.05) is 12.2 Å². The highest BCUT2D eigenvalue weighted by molar-refractivity contribution is 5.96. The van der Waals surface area contributed by atoms with E-state index in [1.54, 1.807) is 0 Å². The first-order valence-corrected chi connectivity index (χ1v) is 6.20. The van der Waals surface area contributed by atoms with Crippen molar-refractivity contribution in [3.05, 3.63) is 42.5 Å². The molecular weight excluding hydrogens is 258 g/mol. The third-order valence-electron chi connectivity index (χ3n) is 3.10. The van der Waals surface area contributed by atoms with Gasteiger partial charge in [0.15, 0.2) is 0 Å². The molecule has 0 atom stereocenters. The van der Waals surface area contributed by atoms with Crippen LogP contribution in [0.5, 0.6) is 0 Å². The number of fused-ring (bicyclic) bond motifs is 1. The molecule has 0 fully saturated rings. The van der Waals surface area contributed by atoms with Crippen LogP contribution in [0.15, 0.2) is 36.9 Å². The summed E-state index contributed by atoms with van der Waals surface area (Å²) < 4.78 is 1.44. The van der Waals surface area contributed by atoms with E-state index in [1.165, 1.54) is 22.2 Å². The Morgan fingerprint density at radius 3 is 2.95 bits per heavy atom. The number of aromatic nitrogens is 3. The topological polar surface area (TPSA) is 80.1 Å². The van der Waals surface area contributed by atoms with E-state index >= 15 is 0 Å². The Hall–Kier alpha value is -2.70. The molecule has 0 radical (unpaired) electrons. The highest BCUT2D eigenvalue weighted by Gasteiger charge is 2.23. The Morgan fingerprint density at radius 2 is 2.15 bits per heavy atom. The Morgan fingerprint density at radius 1 is 1.30 bits per heavy atom. The summed E-state index contributed by atoms with van der Waals surface area (Å²) in [5, 5.41) is 6.69. The molecule has 7 heteroatoms. The molecule has 0 saturated heterocycles. The Balaban J connectivity index is 1.80. The molecule has 1 aliphatic heterocycles. The molecule has 1 aliphatic rings. The lowest BCUT2D eigenvalue weighted by atomic mass is 10.1. The van der Waals surface area contributed by atoms with Gasteiger partial charge < -0.3 is 10.2 Å². The molecule has 0 aliphatic carbocycles. The van der Waals surface area contributed by atoms with Gasteiger partial charge in [-0.25, -0.2) is 9.67 Å². The van der Waals surface area contributed by atoms with E-state index in [4.69, 9.17) is 0 Å². The van der Waals surface area contributed by atoms with Crippen LogP contribution in [0.4, 0.5) is 5.69 Å². The average molecular weight is 271 g/mol. The van der Waals surface area contributed by atoms with Crippen LogP contribution in [-0.2, 0) is 22.7 Å². The molecule has 20 heavy (non-hydrogen) atoms. The summed E-state index contributed by atoms with van der Waals surface area (Å²) in [5.74, 6) is -0.357. The molecule has 3 rings (SSSR count). The van der Waals surface area contributed by atoms with Crippen molar-refractivity contribution in [2.45, 2.75) is 13.1 Å². The quantitative estimate of drug-likeness (QED) is 0.849. The number of para-hydroxylation sites is 1. The van der Waals surface area contributed by atoms with Gasteiger partial charge in [0.05, 0.1) is 0 Å². The summed E-state index contributed by atoms with van der Waals surface area (Å²) in [6, 6.07) is 7.47. The SMILES string of the molecule is O=C1CN(C(=O)Cn2cncn2)Cc2ccccc2N1. The minimum atomic E-state index is -0.193. The smallest absolute Gasteiger partial charge is 0.245 e. The highest BCUT2D eigenvalue weighted by atomic mass is 16.2. The lowest BCUT2D eigenvalue weighted by Crippen LogP contribution is -2.37. The molecule has 0 spiro atoms. The minimum absolute atomic E-state index is 0.0439. The maximum atomic E-state index is 12.2. The molecule has 2 amide bonds. The van der Waals surface area contributed by atoms with Crippen LogP contribution in [-0.4, -0.2) is 38.0 Å². The normalized spacial score (nSPS) is 14.4. The van der Waals surface area contributed by atoms with Gasteiger partial charge in [-0.1, -0.05) is 18.2 Å². The van der Waals surface area contributed by atoms with Crippen LogP contribution in [0.2, 0.25) is 0 Å². The van der Waals surface area contributed by atoms with Crippen molar-refractivity contribution in [3.8, 4) is 0 Å². The summed E-state index contributed by atoms with van der Waals surface area (Å²) in [7, 11) is 0. The monoisotopic (exact) mass is 271 g/mol. The lowest BCUT2D eigenvalue weighted by molar-refractivity contribution is -0.135. The molecule has 102 valence electrons. The summed E-state index contributed by atoms with van der Waals surface area (Å²) in [5.41, 5.74) is 1.68. The van der Waals surface area contributed by atoms with Crippen LogP contribution in [0.25, 0.3) is 0 Å². The molecule has 1 aromatic carbocycles. The van der Waals surface area contributed by atoms with Gasteiger partial charge >= 0.3 is 0 Å². The van der Waals surface area contributed by atoms with Crippen LogP contribution in [0, 0.1) is 0 Å². The summed E-state index contributed by atoms with van der Waals surface area (Å²) in [6.07, 6.45) is 2.85. The Kier molecular flexibility index (Phi) is 3.16. The van der Waals surface area contributed by atoms with Crippen molar-refractivity contribution < 1.29 is 9.59 Å². The third-order valence-corrected chi connectivity index (χ3v) is 3.10. The third kappa shape index (κ3) is 2.51. The molecular formula is C13H13N5O2. The van der Waals surface area contributed by atoms with E-state index in [1.807, 2.05) is 24.3 Å². The van der Waals surface area contributed by atoms with E-state index in [9.17, 15) is 9.59 Å². The number of anilines is 1. The van der Waals surface area contributed by atoms with Gasteiger partial charge in [-0.3, -0.25) is 9.59 Å². The van der Waals surface area contributed by atoms with Gasteiger partial charge in [0.1, 0.15) is 25.7 Å². The number of amides is 2. The van der Waals surface area contributed by atoms with Crippen molar-refractivity contribution in [1.29, 1.82) is 0 Å². The molecule has 7 nitrogen and oxygen atoms in total. The van der Waals surface area contributed by atoms with Crippen LogP contribution < -0.4 is 5.32 Å². The summed E-state index contributed by atoms with van der Waals surface area (Å²) in [4.78, 5) is 29.4. The maximum Gasteiger partial charge on any atom is 0.245 e. The molecule has 1 N–H and O–H groups in total. The van der Waals surface area contributed by atoms with Gasteiger partial charge in [0.2, 0.25) is 11.8 Å². The number of carbonyl (C=O) groups excluding carboxylic acids is 2. The summed E-state index contributed by atoms with van der Waals surface area (Å²) >= 11 is 0. The summed E-state index contributed by atoms with van der Waals surface area (Å²) in [6.45, 7) is 0.528. The first-order valence-electron chi connectivity index (χ1n) is 6.20. The van der Waals surface area contributed by atoms with Gasteiger partial charge in [-0.05, 0) is 11.6 Å². The van der Waals surface area contributed by atoms with Crippen molar-refractivity contribution in [2.24, 2.45) is 0 Å². The number of benzene rings is 1. The van der Waals surface area contributed by atoms with Crippen LogP contribution in [0.1, 0.15) is 5.56 Å². The number of nitrogens with one attached hydrogen (secondary N) is 1. The number of rotatable bonds is 2. The molecule has 1 aromatic heterocycles. The fourth-order valence-corrected chi connectivity index (χ4v) is 2.13. The molecule has 0 unspecified atom stereocenters. The number of carbonyl (C=O) groups is 2. The second kappa shape index (κ2) is 5.12. The fourth-order valence-electron chi connectivity index (χ4n) is 2.13. The molecule has 2 aromatic rings. The zero-order valence-corrected chi connectivity index (χ0v) is 10.7. The van der Waals surface area contributed by atoms with E-state index in [0.29, 0.717) is 6.54 Å².